The van der Waals surface area contributed by atoms with Crippen molar-refractivity contribution in [1.29, 1.82) is 0 Å². The van der Waals surface area contributed by atoms with Crippen molar-refractivity contribution in [2.45, 2.75) is 19.0 Å². The summed E-state index contributed by atoms with van der Waals surface area (Å²) in [6.07, 6.45) is 2.03. The largest absolute Gasteiger partial charge is 0.398 e. The van der Waals surface area contributed by atoms with E-state index in [0.29, 0.717) is 12.5 Å². The van der Waals surface area contributed by atoms with Gasteiger partial charge in [0, 0.05) is 13.7 Å². The highest BCUT2D eigenvalue weighted by Crippen LogP contribution is 2.14. The number of hydrogen-bond donors (Lipinski definition) is 1. The second-order valence-corrected chi connectivity index (χ2v) is 6.15. The quantitative estimate of drug-likeness (QED) is 0.371. The predicted molar refractivity (Wildman–Crippen MR) is 49.2 cm³/mol. The molecular weight excluding hydrogens is 190 g/mol. The SMILES string of the molecule is CO[Si](C)(CCCO)OCN=C=O. The van der Waals surface area contributed by atoms with E-state index in [4.69, 9.17) is 14.0 Å². The molecule has 0 aliphatic rings. The molecule has 1 atom stereocenters. The second kappa shape index (κ2) is 6.94. The number of isocyanates is 1. The minimum Gasteiger partial charge on any atom is -0.398 e. The van der Waals surface area contributed by atoms with Crippen LogP contribution in [0.1, 0.15) is 6.42 Å². The van der Waals surface area contributed by atoms with Gasteiger partial charge >= 0.3 is 8.56 Å². The summed E-state index contributed by atoms with van der Waals surface area (Å²) in [5.74, 6) is 0. The Morgan fingerprint density at radius 3 is 2.77 bits per heavy atom. The maximum absolute atomic E-state index is 9.76. The summed E-state index contributed by atoms with van der Waals surface area (Å²) in [7, 11) is -0.651. The highest BCUT2D eigenvalue weighted by atomic mass is 28.4. The van der Waals surface area contributed by atoms with Crippen LogP contribution in [0.3, 0.4) is 0 Å². The van der Waals surface area contributed by atoms with E-state index < -0.39 is 8.56 Å². The van der Waals surface area contributed by atoms with Crippen molar-refractivity contribution in [2.24, 2.45) is 4.99 Å². The van der Waals surface area contributed by atoms with Gasteiger partial charge in [0.15, 0.2) is 0 Å². The number of aliphatic hydroxyl groups is 1. The summed E-state index contributed by atoms with van der Waals surface area (Å²) < 4.78 is 10.5. The first-order valence-electron chi connectivity index (χ1n) is 4.02. The third kappa shape index (κ3) is 5.68. The van der Waals surface area contributed by atoms with Crippen LogP contribution in [-0.2, 0) is 13.6 Å². The van der Waals surface area contributed by atoms with Gasteiger partial charge in [-0.3, -0.25) is 0 Å². The van der Waals surface area contributed by atoms with E-state index in [1.807, 2.05) is 6.55 Å². The number of hydrogen-bond acceptors (Lipinski definition) is 5. The van der Waals surface area contributed by atoms with Gasteiger partial charge in [-0.2, -0.15) is 4.99 Å². The van der Waals surface area contributed by atoms with Crippen LogP contribution in [0.2, 0.25) is 12.6 Å². The fourth-order valence-corrected chi connectivity index (χ4v) is 2.43. The molecule has 13 heavy (non-hydrogen) atoms. The van der Waals surface area contributed by atoms with Crippen molar-refractivity contribution in [3.63, 3.8) is 0 Å². The Balaban J connectivity index is 3.87. The van der Waals surface area contributed by atoms with Crippen LogP contribution in [0.25, 0.3) is 0 Å². The van der Waals surface area contributed by atoms with Crippen molar-refractivity contribution >= 4 is 14.6 Å². The highest BCUT2D eigenvalue weighted by molar-refractivity contribution is 6.65. The van der Waals surface area contributed by atoms with Crippen molar-refractivity contribution in [2.75, 3.05) is 20.4 Å². The van der Waals surface area contributed by atoms with Crippen LogP contribution in [0.15, 0.2) is 4.99 Å². The normalized spacial score (nSPS) is 14.7. The molecule has 0 amide bonds. The lowest BCUT2D eigenvalue weighted by atomic mass is 10.5. The van der Waals surface area contributed by atoms with E-state index in [2.05, 4.69) is 4.99 Å². The maximum atomic E-state index is 9.76. The van der Waals surface area contributed by atoms with Gasteiger partial charge in [0.25, 0.3) is 0 Å². The monoisotopic (exact) mass is 205 g/mol. The van der Waals surface area contributed by atoms with Crippen molar-refractivity contribution in [1.82, 2.24) is 0 Å². The van der Waals surface area contributed by atoms with E-state index in [-0.39, 0.29) is 13.3 Å². The zero-order valence-electron chi connectivity index (χ0n) is 7.95. The Morgan fingerprint density at radius 2 is 2.31 bits per heavy atom. The predicted octanol–water partition coefficient (Wildman–Crippen LogP) is 0.397. The Bertz CT molecular complexity index is 183. The average Bonchev–Trinajstić information content (AvgIpc) is 2.15. The van der Waals surface area contributed by atoms with E-state index in [9.17, 15) is 4.79 Å². The van der Waals surface area contributed by atoms with Crippen molar-refractivity contribution in [3.8, 4) is 0 Å². The molecule has 1 unspecified atom stereocenters. The van der Waals surface area contributed by atoms with Gasteiger partial charge in [-0.05, 0) is 19.0 Å². The molecule has 0 saturated heterocycles. The van der Waals surface area contributed by atoms with Crippen LogP contribution < -0.4 is 0 Å². The molecule has 0 aliphatic carbocycles. The molecule has 1 N–H and O–H groups in total. The summed E-state index contributed by atoms with van der Waals surface area (Å²) in [6, 6.07) is 0.689. The number of carbonyl (C=O) groups excluding carboxylic acids is 1. The molecule has 0 aliphatic heterocycles. The molecule has 0 fully saturated rings. The molecule has 0 rings (SSSR count). The number of nitrogens with zero attached hydrogens (tertiary/aromatic N) is 1. The fraction of sp³-hybridized carbons (Fsp3) is 0.857. The summed E-state index contributed by atoms with van der Waals surface area (Å²) in [5, 5.41) is 8.62. The van der Waals surface area contributed by atoms with E-state index >= 15 is 0 Å². The second-order valence-electron chi connectivity index (χ2n) is 2.69. The van der Waals surface area contributed by atoms with Gasteiger partial charge < -0.3 is 14.0 Å². The number of aliphatic imine (C=N–C) groups is 1. The molecule has 0 heterocycles. The van der Waals surface area contributed by atoms with Gasteiger partial charge in [0.05, 0.1) is 0 Å². The topological polar surface area (TPSA) is 68.1 Å². The summed E-state index contributed by atoms with van der Waals surface area (Å²) in [4.78, 5) is 13.0. The summed E-state index contributed by atoms with van der Waals surface area (Å²) in [5.41, 5.74) is 0. The average molecular weight is 205 g/mol. The Morgan fingerprint density at radius 1 is 1.62 bits per heavy atom. The first kappa shape index (κ1) is 12.5. The molecule has 0 radical (unpaired) electrons. The van der Waals surface area contributed by atoms with Crippen LogP contribution in [-0.4, -0.2) is 40.2 Å². The standard InChI is InChI=1S/C7H15NO4Si/c1-11-13(2,5-3-4-9)12-7-8-6-10/h9H,3-5,7H2,1-2H3. The third-order valence-corrected chi connectivity index (χ3v) is 4.58. The van der Waals surface area contributed by atoms with Crippen LogP contribution in [0.4, 0.5) is 0 Å². The Hall–Kier alpha value is -0.523. The summed E-state index contributed by atoms with van der Waals surface area (Å²) >= 11 is 0. The lowest BCUT2D eigenvalue weighted by Gasteiger charge is -2.23. The molecule has 0 spiro atoms. The van der Waals surface area contributed by atoms with Crippen LogP contribution >= 0.6 is 0 Å². The third-order valence-electron chi connectivity index (χ3n) is 1.72. The molecular formula is C7H15NO4Si. The lowest BCUT2D eigenvalue weighted by molar-refractivity contribution is 0.204. The zero-order chi connectivity index (χ0) is 10.2. The van der Waals surface area contributed by atoms with Crippen LogP contribution in [0, 0.1) is 0 Å². The van der Waals surface area contributed by atoms with Gasteiger partial charge in [-0.25, -0.2) is 4.79 Å². The lowest BCUT2D eigenvalue weighted by Crippen LogP contribution is -2.37. The number of rotatable bonds is 7. The minimum atomic E-state index is -2.21. The smallest absolute Gasteiger partial charge is 0.336 e. The molecule has 5 nitrogen and oxygen atoms in total. The maximum Gasteiger partial charge on any atom is 0.336 e. The molecule has 0 saturated carbocycles. The Kier molecular flexibility index (Phi) is 6.66. The Labute approximate surface area is 78.6 Å². The van der Waals surface area contributed by atoms with E-state index in [1.54, 1.807) is 7.11 Å². The molecule has 0 bridgehead atoms. The molecule has 0 aromatic heterocycles. The molecule has 0 aromatic rings. The fourth-order valence-electron chi connectivity index (χ4n) is 0.829. The first-order chi connectivity index (χ1) is 6.18. The molecule has 6 heteroatoms. The minimum absolute atomic E-state index is 0.00844. The van der Waals surface area contributed by atoms with E-state index in [0.717, 1.165) is 0 Å². The highest BCUT2D eigenvalue weighted by Gasteiger charge is 2.29. The summed E-state index contributed by atoms with van der Waals surface area (Å²) in [6.45, 7) is 1.97. The van der Waals surface area contributed by atoms with E-state index in [1.165, 1.54) is 6.08 Å². The number of aliphatic hydroxyl groups excluding tert-OH is 1. The van der Waals surface area contributed by atoms with Gasteiger partial charge in [-0.1, -0.05) is 0 Å². The first-order valence-corrected chi connectivity index (χ1v) is 6.54. The van der Waals surface area contributed by atoms with Crippen LogP contribution in [0.5, 0.6) is 0 Å². The van der Waals surface area contributed by atoms with Crippen molar-refractivity contribution in [3.05, 3.63) is 0 Å². The zero-order valence-corrected chi connectivity index (χ0v) is 8.95. The molecule has 0 aromatic carbocycles. The van der Waals surface area contributed by atoms with Gasteiger partial charge in [0.2, 0.25) is 6.08 Å². The van der Waals surface area contributed by atoms with Crippen molar-refractivity contribution < 1.29 is 18.8 Å². The molecule has 76 valence electrons. The van der Waals surface area contributed by atoms with Gasteiger partial charge in [0.1, 0.15) is 6.73 Å². The van der Waals surface area contributed by atoms with Gasteiger partial charge in [-0.15, -0.1) is 0 Å².